The number of rotatable bonds is 4. The van der Waals surface area contributed by atoms with E-state index in [1.807, 2.05) is 24.3 Å². The third-order valence-corrected chi connectivity index (χ3v) is 4.94. The molecule has 2 aromatic heterocycles. The fourth-order valence-corrected chi connectivity index (χ4v) is 3.60. The van der Waals surface area contributed by atoms with Crippen LogP contribution in [0, 0.1) is 5.82 Å². The molecule has 0 bridgehead atoms. The van der Waals surface area contributed by atoms with Crippen LogP contribution in [-0.2, 0) is 5.41 Å². The number of nitrogens with one attached hydrogen (secondary N) is 1. The molecule has 1 saturated carbocycles. The summed E-state index contributed by atoms with van der Waals surface area (Å²) >= 11 is 0. The van der Waals surface area contributed by atoms with E-state index in [0.29, 0.717) is 5.65 Å². The van der Waals surface area contributed by atoms with Gasteiger partial charge in [0, 0.05) is 12.0 Å². The highest BCUT2D eigenvalue weighted by atomic mass is 19.1. The number of aromatic nitrogens is 5. The Morgan fingerprint density at radius 2 is 1.83 bits per heavy atom. The molecule has 0 amide bonds. The Morgan fingerprint density at radius 3 is 2.62 bits per heavy atom. The van der Waals surface area contributed by atoms with Crippen molar-refractivity contribution in [3.8, 4) is 0 Å². The minimum absolute atomic E-state index is 0.0171. The Kier molecular flexibility index (Phi) is 3.84. The maximum absolute atomic E-state index is 13.3. The molecule has 7 heteroatoms. The number of anilines is 1. The van der Waals surface area contributed by atoms with E-state index in [1.54, 1.807) is 12.1 Å². The van der Waals surface area contributed by atoms with Crippen molar-refractivity contribution >= 4 is 11.5 Å². The predicted octanol–water partition coefficient (Wildman–Crippen LogP) is 2.97. The Hall–Kier alpha value is -2.57. The SMILES string of the molecule is Fc1ccc(C2(CNc3ccc4nnnn4n3)CCCCC2)cc1. The molecular weight excluding hydrogens is 307 g/mol. The Morgan fingerprint density at radius 1 is 1.04 bits per heavy atom. The van der Waals surface area contributed by atoms with Gasteiger partial charge in [-0.25, -0.2) is 4.39 Å². The van der Waals surface area contributed by atoms with E-state index >= 15 is 0 Å². The maximum atomic E-state index is 13.3. The summed E-state index contributed by atoms with van der Waals surface area (Å²) in [5, 5.41) is 19.1. The van der Waals surface area contributed by atoms with Gasteiger partial charge in [0.05, 0.1) is 0 Å². The molecule has 24 heavy (non-hydrogen) atoms. The van der Waals surface area contributed by atoms with Gasteiger partial charge in [-0.3, -0.25) is 0 Å². The van der Waals surface area contributed by atoms with Crippen molar-refractivity contribution < 1.29 is 4.39 Å². The molecule has 1 aromatic carbocycles. The molecule has 0 atom stereocenters. The van der Waals surface area contributed by atoms with E-state index < -0.39 is 0 Å². The minimum atomic E-state index is -0.191. The van der Waals surface area contributed by atoms with Crippen molar-refractivity contribution in [2.75, 3.05) is 11.9 Å². The van der Waals surface area contributed by atoms with Crippen LogP contribution in [0.25, 0.3) is 5.65 Å². The van der Waals surface area contributed by atoms with Crippen molar-refractivity contribution in [1.29, 1.82) is 0 Å². The molecule has 1 fully saturated rings. The molecule has 0 unspecified atom stereocenters. The zero-order chi connectivity index (χ0) is 16.4. The van der Waals surface area contributed by atoms with Gasteiger partial charge in [0.2, 0.25) is 0 Å². The summed E-state index contributed by atoms with van der Waals surface area (Å²) in [6.45, 7) is 0.763. The summed E-state index contributed by atoms with van der Waals surface area (Å²) in [6, 6.07) is 10.7. The lowest BCUT2D eigenvalue weighted by Gasteiger charge is -2.38. The predicted molar refractivity (Wildman–Crippen MR) is 88.2 cm³/mol. The van der Waals surface area contributed by atoms with E-state index in [-0.39, 0.29) is 11.2 Å². The molecule has 6 nitrogen and oxygen atoms in total. The second kappa shape index (κ2) is 6.14. The molecule has 0 spiro atoms. The van der Waals surface area contributed by atoms with Crippen LogP contribution in [0.1, 0.15) is 37.7 Å². The molecule has 0 saturated heterocycles. The number of tetrazole rings is 1. The Balaban J connectivity index is 1.58. The molecule has 4 rings (SSSR count). The lowest BCUT2D eigenvalue weighted by molar-refractivity contribution is 0.307. The van der Waals surface area contributed by atoms with Crippen LogP contribution in [0.3, 0.4) is 0 Å². The third kappa shape index (κ3) is 2.81. The van der Waals surface area contributed by atoms with Crippen LogP contribution < -0.4 is 5.32 Å². The van der Waals surface area contributed by atoms with Crippen LogP contribution in [0.15, 0.2) is 36.4 Å². The zero-order valence-electron chi connectivity index (χ0n) is 13.3. The second-order valence-corrected chi connectivity index (χ2v) is 6.45. The van der Waals surface area contributed by atoms with Crippen molar-refractivity contribution in [1.82, 2.24) is 25.3 Å². The molecule has 3 aromatic rings. The van der Waals surface area contributed by atoms with Crippen molar-refractivity contribution in [3.05, 3.63) is 47.8 Å². The first-order chi connectivity index (χ1) is 11.8. The van der Waals surface area contributed by atoms with E-state index in [1.165, 1.54) is 29.5 Å². The highest BCUT2D eigenvalue weighted by Crippen LogP contribution is 2.39. The standard InChI is InChI=1S/C17H19FN6/c18-14-6-4-13(5-7-14)17(10-2-1-3-11-17)12-19-15-8-9-16-20-22-23-24(16)21-15/h4-9H,1-3,10-12H2,(H,19,21). The zero-order valence-corrected chi connectivity index (χ0v) is 13.3. The largest absolute Gasteiger partial charge is 0.368 e. The summed E-state index contributed by atoms with van der Waals surface area (Å²) in [5.41, 5.74) is 1.83. The summed E-state index contributed by atoms with van der Waals surface area (Å²) in [4.78, 5) is 0. The molecule has 1 N–H and O–H groups in total. The number of hydrogen-bond acceptors (Lipinski definition) is 5. The molecule has 124 valence electrons. The summed E-state index contributed by atoms with van der Waals surface area (Å²) in [5.74, 6) is 0.547. The average molecular weight is 326 g/mol. The number of hydrogen-bond donors (Lipinski definition) is 1. The van der Waals surface area contributed by atoms with Crippen LogP contribution >= 0.6 is 0 Å². The van der Waals surface area contributed by atoms with Gasteiger partial charge in [-0.15, -0.1) is 14.8 Å². The molecule has 0 aliphatic heterocycles. The molecule has 1 aliphatic rings. The smallest absolute Gasteiger partial charge is 0.200 e. The number of nitrogens with zero attached hydrogens (tertiary/aromatic N) is 5. The van der Waals surface area contributed by atoms with Gasteiger partial charge in [0.1, 0.15) is 11.6 Å². The number of benzene rings is 1. The highest BCUT2D eigenvalue weighted by Gasteiger charge is 2.33. The van der Waals surface area contributed by atoms with Gasteiger partial charge in [0.15, 0.2) is 5.65 Å². The van der Waals surface area contributed by atoms with Gasteiger partial charge < -0.3 is 5.32 Å². The fourth-order valence-electron chi connectivity index (χ4n) is 3.60. The number of fused-ring (bicyclic) bond motifs is 1. The molecule has 2 heterocycles. The third-order valence-electron chi connectivity index (χ3n) is 4.94. The first-order valence-electron chi connectivity index (χ1n) is 8.31. The monoisotopic (exact) mass is 326 g/mol. The van der Waals surface area contributed by atoms with Crippen molar-refractivity contribution in [3.63, 3.8) is 0 Å². The van der Waals surface area contributed by atoms with Gasteiger partial charge >= 0.3 is 0 Å². The molecular formula is C17H19FN6. The Labute approximate surface area is 139 Å². The number of halogens is 1. The van der Waals surface area contributed by atoms with Crippen molar-refractivity contribution in [2.24, 2.45) is 0 Å². The summed E-state index contributed by atoms with van der Waals surface area (Å²) in [6.07, 6.45) is 5.84. The van der Waals surface area contributed by atoms with Gasteiger partial charge in [-0.1, -0.05) is 31.4 Å². The average Bonchev–Trinajstić information content (AvgIpc) is 3.09. The molecule has 1 aliphatic carbocycles. The van der Waals surface area contributed by atoms with Crippen LogP contribution in [0.5, 0.6) is 0 Å². The van der Waals surface area contributed by atoms with Crippen LogP contribution in [0.4, 0.5) is 10.2 Å². The van der Waals surface area contributed by atoms with E-state index in [2.05, 4.69) is 25.9 Å². The van der Waals surface area contributed by atoms with Crippen LogP contribution in [-0.4, -0.2) is 31.8 Å². The quantitative estimate of drug-likeness (QED) is 0.798. The first kappa shape index (κ1) is 15.0. The summed E-state index contributed by atoms with van der Waals surface area (Å²) < 4.78 is 14.7. The van der Waals surface area contributed by atoms with Gasteiger partial charge in [-0.2, -0.15) is 0 Å². The van der Waals surface area contributed by atoms with E-state index in [4.69, 9.17) is 0 Å². The first-order valence-corrected chi connectivity index (χ1v) is 8.31. The lowest BCUT2D eigenvalue weighted by atomic mass is 9.69. The highest BCUT2D eigenvalue weighted by molar-refractivity contribution is 5.43. The van der Waals surface area contributed by atoms with Crippen molar-refractivity contribution in [2.45, 2.75) is 37.5 Å². The lowest BCUT2D eigenvalue weighted by Crippen LogP contribution is -2.36. The van der Waals surface area contributed by atoms with Crippen LogP contribution in [0.2, 0.25) is 0 Å². The van der Waals surface area contributed by atoms with E-state index in [9.17, 15) is 4.39 Å². The minimum Gasteiger partial charge on any atom is -0.368 e. The summed E-state index contributed by atoms with van der Waals surface area (Å²) in [7, 11) is 0. The second-order valence-electron chi connectivity index (χ2n) is 6.45. The molecule has 0 radical (unpaired) electrons. The van der Waals surface area contributed by atoms with E-state index in [0.717, 1.165) is 25.2 Å². The Bertz CT molecular complexity index is 822. The maximum Gasteiger partial charge on any atom is 0.200 e. The van der Waals surface area contributed by atoms with Gasteiger partial charge in [-0.05, 0) is 53.1 Å². The van der Waals surface area contributed by atoms with Gasteiger partial charge in [0.25, 0.3) is 0 Å². The topological polar surface area (TPSA) is 68.0 Å². The normalized spacial score (nSPS) is 17.0. The fraction of sp³-hybridized carbons (Fsp3) is 0.412.